The number of hydrogen-bond acceptors (Lipinski definition) is 2. The number of halogens is 2. The van der Waals surface area contributed by atoms with E-state index in [4.69, 9.17) is 11.6 Å². The van der Waals surface area contributed by atoms with Crippen LogP contribution in [0.5, 0.6) is 0 Å². The summed E-state index contributed by atoms with van der Waals surface area (Å²) >= 11 is 5.88. The van der Waals surface area contributed by atoms with Gasteiger partial charge in [-0.05, 0) is 36.1 Å². The number of hydrogen-bond donors (Lipinski definition) is 0. The van der Waals surface area contributed by atoms with Gasteiger partial charge in [0.15, 0.2) is 0 Å². The Morgan fingerprint density at radius 3 is 2.10 bits per heavy atom. The van der Waals surface area contributed by atoms with Gasteiger partial charge in [0, 0.05) is 0 Å². The predicted molar refractivity (Wildman–Crippen MR) is 81.1 cm³/mol. The number of nitrogens with zero attached hydrogens (tertiary/aromatic N) is 1. The Balaban J connectivity index is 2.48. The van der Waals surface area contributed by atoms with Crippen molar-refractivity contribution < 1.29 is 12.9 Å². The molecule has 0 saturated heterocycles. The predicted octanol–water partition coefficient (Wildman–Crippen LogP) is 4.15. The monoisotopic (exact) mass is 327 g/mol. The first-order valence-electron chi connectivity index (χ1n) is 6.29. The van der Waals surface area contributed by atoms with E-state index in [0.717, 1.165) is 0 Å². The van der Waals surface area contributed by atoms with Crippen molar-refractivity contribution in [3.05, 3.63) is 65.2 Å². The number of rotatable bonds is 4. The number of sulfonamides is 1. The smallest absolute Gasteiger partial charge is 0.204 e. The summed E-state index contributed by atoms with van der Waals surface area (Å²) in [6.07, 6.45) is 0. The highest BCUT2D eigenvalue weighted by Crippen LogP contribution is 2.35. The summed E-state index contributed by atoms with van der Waals surface area (Å²) in [5, 5.41) is -0.0102. The molecule has 0 aliphatic carbocycles. The molecule has 112 valence electrons. The SMILES string of the molecule is CC(C)(c1ccccc1)N(F)S(=O)(=O)c1ccccc1Cl. The van der Waals surface area contributed by atoms with Gasteiger partial charge in [-0.1, -0.05) is 54.1 Å². The summed E-state index contributed by atoms with van der Waals surface area (Å²) in [7, 11) is -4.34. The first-order chi connectivity index (χ1) is 9.78. The highest BCUT2D eigenvalue weighted by atomic mass is 35.5. The summed E-state index contributed by atoms with van der Waals surface area (Å²) in [6.45, 7) is 2.99. The van der Waals surface area contributed by atoms with Gasteiger partial charge in [-0.15, -0.1) is 4.48 Å². The molecule has 2 rings (SSSR count). The van der Waals surface area contributed by atoms with Gasteiger partial charge in [0.2, 0.25) is 0 Å². The molecule has 2 aromatic rings. The largest absolute Gasteiger partial charge is 0.271 e. The Labute approximate surface area is 129 Å². The molecule has 0 aliphatic rings. The Hall–Kier alpha value is -1.43. The van der Waals surface area contributed by atoms with Gasteiger partial charge in [0.1, 0.15) is 4.90 Å². The van der Waals surface area contributed by atoms with Gasteiger partial charge in [-0.3, -0.25) is 0 Å². The zero-order valence-corrected chi connectivity index (χ0v) is 13.2. The fraction of sp³-hybridized carbons (Fsp3) is 0.200. The van der Waals surface area contributed by atoms with Crippen LogP contribution in [-0.2, 0) is 15.6 Å². The van der Waals surface area contributed by atoms with Crippen molar-refractivity contribution in [2.45, 2.75) is 24.3 Å². The number of benzene rings is 2. The van der Waals surface area contributed by atoms with Gasteiger partial charge in [0.05, 0.1) is 10.6 Å². The lowest BCUT2D eigenvalue weighted by atomic mass is 9.96. The van der Waals surface area contributed by atoms with Crippen LogP contribution in [0, 0.1) is 0 Å². The zero-order chi connectivity index (χ0) is 15.7. The molecule has 0 bridgehead atoms. The van der Waals surface area contributed by atoms with Crippen molar-refractivity contribution in [3.63, 3.8) is 0 Å². The molecule has 6 heteroatoms. The van der Waals surface area contributed by atoms with Gasteiger partial charge in [-0.2, -0.15) is 0 Å². The van der Waals surface area contributed by atoms with E-state index in [1.165, 1.54) is 32.0 Å². The summed E-state index contributed by atoms with van der Waals surface area (Å²) in [5.74, 6) is 0. The van der Waals surface area contributed by atoms with E-state index in [1.807, 2.05) is 0 Å². The Morgan fingerprint density at radius 1 is 1.00 bits per heavy atom. The van der Waals surface area contributed by atoms with Gasteiger partial charge >= 0.3 is 0 Å². The first-order valence-corrected chi connectivity index (χ1v) is 8.11. The third-order valence-electron chi connectivity index (χ3n) is 3.25. The lowest BCUT2D eigenvalue weighted by molar-refractivity contribution is 0.0277. The van der Waals surface area contributed by atoms with Crippen LogP contribution in [0.1, 0.15) is 19.4 Å². The molecule has 0 aliphatic heterocycles. The van der Waals surface area contributed by atoms with Crippen molar-refractivity contribution in [1.82, 2.24) is 4.53 Å². The molecule has 0 atom stereocenters. The molecule has 2 aromatic carbocycles. The Kier molecular flexibility index (Phi) is 4.37. The average Bonchev–Trinajstić information content (AvgIpc) is 2.47. The van der Waals surface area contributed by atoms with E-state index in [-0.39, 0.29) is 14.4 Å². The van der Waals surface area contributed by atoms with E-state index < -0.39 is 15.6 Å². The summed E-state index contributed by atoms with van der Waals surface area (Å²) in [6, 6.07) is 14.4. The second-order valence-corrected chi connectivity index (χ2v) is 7.19. The molecule has 0 aromatic heterocycles. The molecule has 0 N–H and O–H groups in total. The molecule has 0 heterocycles. The fourth-order valence-corrected chi connectivity index (χ4v) is 3.86. The fourth-order valence-electron chi connectivity index (χ4n) is 1.99. The molecular formula is C15H15ClFNO2S. The quantitative estimate of drug-likeness (QED) is 0.791. The maximum absolute atomic E-state index is 14.7. The van der Waals surface area contributed by atoms with Gasteiger partial charge in [-0.25, -0.2) is 8.42 Å². The lowest BCUT2D eigenvalue weighted by Crippen LogP contribution is -2.39. The van der Waals surface area contributed by atoms with Crippen molar-refractivity contribution in [2.24, 2.45) is 0 Å². The van der Waals surface area contributed by atoms with Crippen LogP contribution in [0.2, 0.25) is 5.02 Å². The summed E-state index contributed by atoms with van der Waals surface area (Å²) in [5.41, 5.74) is -0.803. The maximum atomic E-state index is 14.7. The molecule has 0 radical (unpaired) electrons. The normalized spacial score (nSPS) is 12.6. The molecule has 0 unspecified atom stereocenters. The first kappa shape index (κ1) is 15.9. The topological polar surface area (TPSA) is 37.4 Å². The van der Waals surface area contributed by atoms with Gasteiger partial charge < -0.3 is 0 Å². The van der Waals surface area contributed by atoms with Crippen LogP contribution in [-0.4, -0.2) is 12.9 Å². The highest BCUT2D eigenvalue weighted by Gasteiger charge is 2.40. The van der Waals surface area contributed by atoms with Gasteiger partial charge in [0.25, 0.3) is 10.0 Å². The third kappa shape index (κ3) is 2.95. The summed E-state index contributed by atoms with van der Waals surface area (Å²) in [4.78, 5) is -0.252. The Morgan fingerprint density at radius 2 is 1.52 bits per heavy atom. The standard InChI is InChI=1S/C15H15ClFNO2S/c1-15(2,12-8-4-3-5-9-12)18(17)21(19,20)14-11-7-6-10-13(14)16/h3-11H,1-2H3. The van der Waals surface area contributed by atoms with Crippen LogP contribution >= 0.6 is 11.6 Å². The van der Waals surface area contributed by atoms with Crippen molar-refractivity contribution in [3.8, 4) is 0 Å². The average molecular weight is 328 g/mol. The highest BCUT2D eigenvalue weighted by molar-refractivity contribution is 7.89. The van der Waals surface area contributed by atoms with Crippen LogP contribution in [0.25, 0.3) is 0 Å². The van der Waals surface area contributed by atoms with Crippen LogP contribution in [0.4, 0.5) is 4.48 Å². The Bertz CT molecular complexity index is 732. The van der Waals surface area contributed by atoms with Crippen LogP contribution in [0.15, 0.2) is 59.5 Å². The van der Waals surface area contributed by atoms with E-state index >= 15 is 0 Å². The molecule has 0 saturated carbocycles. The molecule has 0 fully saturated rings. The van der Waals surface area contributed by atoms with Crippen molar-refractivity contribution >= 4 is 21.6 Å². The van der Waals surface area contributed by atoms with Crippen molar-refractivity contribution in [2.75, 3.05) is 0 Å². The molecule has 0 amide bonds. The van der Waals surface area contributed by atoms with E-state index in [2.05, 4.69) is 0 Å². The third-order valence-corrected chi connectivity index (χ3v) is 5.48. The molecule has 21 heavy (non-hydrogen) atoms. The zero-order valence-electron chi connectivity index (χ0n) is 11.6. The van der Waals surface area contributed by atoms with E-state index in [1.54, 1.807) is 36.4 Å². The maximum Gasteiger partial charge on any atom is 0.271 e. The molecular weight excluding hydrogens is 313 g/mol. The minimum atomic E-state index is -4.34. The molecule has 3 nitrogen and oxygen atoms in total. The van der Waals surface area contributed by atoms with Crippen molar-refractivity contribution in [1.29, 1.82) is 0 Å². The van der Waals surface area contributed by atoms with E-state index in [0.29, 0.717) is 5.56 Å². The lowest BCUT2D eigenvalue weighted by Gasteiger charge is -2.30. The van der Waals surface area contributed by atoms with E-state index in [9.17, 15) is 12.9 Å². The second kappa shape index (κ2) is 5.75. The second-order valence-electron chi connectivity index (χ2n) is 5.08. The minimum absolute atomic E-state index is 0.0102. The van der Waals surface area contributed by atoms with Crippen LogP contribution < -0.4 is 0 Å². The summed E-state index contributed by atoms with van der Waals surface area (Å²) < 4.78 is 39.4. The van der Waals surface area contributed by atoms with Crippen LogP contribution in [0.3, 0.4) is 0 Å². The minimum Gasteiger partial charge on any atom is -0.204 e. The molecule has 0 spiro atoms.